The molecule has 0 bridgehead atoms. The van der Waals surface area contributed by atoms with E-state index in [1.165, 1.54) is 13.1 Å². The monoisotopic (exact) mass is 300 g/mol. The van der Waals surface area contributed by atoms with Gasteiger partial charge in [-0.1, -0.05) is 20.8 Å². The maximum absolute atomic E-state index is 9.24. The Hall–Kier alpha value is -0.200. The molecule has 0 amide bonds. The molecule has 1 fully saturated rings. The van der Waals surface area contributed by atoms with E-state index in [0.29, 0.717) is 0 Å². The Labute approximate surface area is 131 Å². The molecule has 1 aliphatic rings. The van der Waals surface area contributed by atoms with Gasteiger partial charge in [-0.3, -0.25) is 4.90 Å². The van der Waals surface area contributed by atoms with E-state index >= 15 is 0 Å². The van der Waals surface area contributed by atoms with Crippen LogP contribution in [0.5, 0.6) is 0 Å². The zero-order chi connectivity index (χ0) is 15.5. The van der Waals surface area contributed by atoms with E-state index in [1.54, 1.807) is 0 Å². The second-order valence-electron chi connectivity index (χ2n) is 5.87. The lowest BCUT2D eigenvalue weighted by Crippen LogP contribution is -2.46. The van der Waals surface area contributed by atoms with Gasteiger partial charge < -0.3 is 19.8 Å². The van der Waals surface area contributed by atoms with Gasteiger partial charge >= 0.3 is 0 Å². The van der Waals surface area contributed by atoms with Crippen molar-refractivity contribution in [3.63, 3.8) is 0 Å². The molecule has 0 aromatic carbocycles. The third-order valence-corrected chi connectivity index (χ3v) is 4.69. The molecule has 1 heterocycles. The molecule has 0 saturated carbocycles. The molecular formula is C16H36N4O. The highest BCUT2D eigenvalue weighted by molar-refractivity contribution is 4.70. The molecule has 5 heteroatoms. The molecular weight excluding hydrogens is 264 g/mol. The normalized spacial score (nSPS) is 22.9. The Bertz CT molecular complexity index is 232. The highest BCUT2D eigenvalue weighted by Gasteiger charge is 2.14. The Kier molecular flexibility index (Phi) is 10.2. The maximum atomic E-state index is 9.24. The van der Waals surface area contributed by atoms with Gasteiger partial charge in [-0.25, -0.2) is 0 Å². The van der Waals surface area contributed by atoms with Crippen molar-refractivity contribution < 1.29 is 5.11 Å². The molecule has 0 unspecified atom stereocenters. The van der Waals surface area contributed by atoms with Crippen molar-refractivity contribution >= 4 is 0 Å². The molecule has 0 atom stereocenters. The van der Waals surface area contributed by atoms with Crippen molar-refractivity contribution in [1.29, 1.82) is 0 Å². The summed E-state index contributed by atoms with van der Waals surface area (Å²) in [5, 5.41) is 9.24. The number of aliphatic hydroxyl groups excluding tert-OH is 1. The van der Waals surface area contributed by atoms with Crippen LogP contribution in [0.2, 0.25) is 0 Å². The molecule has 126 valence electrons. The molecule has 21 heavy (non-hydrogen) atoms. The minimum absolute atomic E-state index is 0.266. The smallest absolute Gasteiger partial charge is 0.0558 e. The van der Waals surface area contributed by atoms with Gasteiger partial charge in [0.2, 0.25) is 0 Å². The second-order valence-corrected chi connectivity index (χ2v) is 5.87. The van der Waals surface area contributed by atoms with E-state index < -0.39 is 0 Å². The first-order chi connectivity index (χ1) is 10.2. The van der Waals surface area contributed by atoms with Crippen molar-refractivity contribution in [2.24, 2.45) is 0 Å². The standard InChI is InChI=1S/C16H36N4O/c1-4-17-7-9-18(5-2)11-13-20(15-16-21)14-12-19(6-3)10-8-17/h21H,4-16H2,1-3H3. The molecule has 1 aliphatic heterocycles. The highest BCUT2D eigenvalue weighted by Crippen LogP contribution is 2.00. The van der Waals surface area contributed by atoms with Gasteiger partial charge in [0, 0.05) is 58.9 Å². The summed E-state index contributed by atoms with van der Waals surface area (Å²) in [5.41, 5.74) is 0. The zero-order valence-electron chi connectivity index (χ0n) is 14.4. The molecule has 0 aliphatic carbocycles. The summed E-state index contributed by atoms with van der Waals surface area (Å²) in [7, 11) is 0. The Morgan fingerprint density at radius 2 is 0.857 bits per heavy atom. The van der Waals surface area contributed by atoms with Gasteiger partial charge in [-0.2, -0.15) is 0 Å². The largest absolute Gasteiger partial charge is 0.395 e. The molecule has 0 aromatic rings. The summed E-state index contributed by atoms with van der Waals surface area (Å²) in [6, 6.07) is 0. The van der Waals surface area contributed by atoms with Crippen molar-refractivity contribution in [2.45, 2.75) is 20.8 Å². The molecule has 1 saturated heterocycles. The zero-order valence-corrected chi connectivity index (χ0v) is 14.4. The van der Waals surface area contributed by atoms with Crippen LogP contribution in [0.3, 0.4) is 0 Å². The first kappa shape index (κ1) is 18.8. The topological polar surface area (TPSA) is 33.2 Å². The lowest BCUT2D eigenvalue weighted by molar-refractivity contribution is 0.126. The van der Waals surface area contributed by atoms with Crippen molar-refractivity contribution in [3.05, 3.63) is 0 Å². The number of hydrogen-bond acceptors (Lipinski definition) is 5. The number of likely N-dealkylation sites (N-methyl/N-ethyl adjacent to an activating group) is 3. The fraction of sp³-hybridized carbons (Fsp3) is 1.00. The quantitative estimate of drug-likeness (QED) is 0.788. The lowest BCUT2D eigenvalue weighted by atomic mass is 10.3. The van der Waals surface area contributed by atoms with E-state index in [-0.39, 0.29) is 6.61 Å². The van der Waals surface area contributed by atoms with Crippen LogP contribution in [0.4, 0.5) is 0 Å². The van der Waals surface area contributed by atoms with Gasteiger partial charge in [-0.15, -0.1) is 0 Å². The third-order valence-electron chi connectivity index (χ3n) is 4.69. The number of nitrogens with zero attached hydrogens (tertiary/aromatic N) is 4. The van der Waals surface area contributed by atoms with E-state index in [9.17, 15) is 5.11 Å². The van der Waals surface area contributed by atoms with Crippen LogP contribution in [-0.2, 0) is 0 Å². The lowest BCUT2D eigenvalue weighted by Gasteiger charge is -2.33. The van der Waals surface area contributed by atoms with E-state index in [4.69, 9.17) is 0 Å². The average molecular weight is 300 g/mol. The van der Waals surface area contributed by atoms with Crippen LogP contribution >= 0.6 is 0 Å². The minimum atomic E-state index is 0.266. The summed E-state index contributed by atoms with van der Waals surface area (Å²) in [6.07, 6.45) is 0. The van der Waals surface area contributed by atoms with Crippen LogP contribution < -0.4 is 0 Å². The molecule has 1 N–H and O–H groups in total. The second kappa shape index (κ2) is 11.4. The van der Waals surface area contributed by atoms with Crippen molar-refractivity contribution in [2.75, 3.05) is 85.1 Å². The van der Waals surface area contributed by atoms with E-state index in [2.05, 4.69) is 40.4 Å². The van der Waals surface area contributed by atoms with Gasteiger partial charge in [0.15, 0.2) is 0 Å². The number of aliphatic hydroxyl groups is 1. The Morgan fingerprint density at radius 3 is 1.10 bits per heavy atom. The maximum Gasteiger partial charge on any atom is 0.0558 e. The predicted octanol–water partition coefficient (Wildman–Crippen LogP) is 0.260. The molecule has 0 aromatic heterocycles. The molecule has 5 nitrogen and oxygen atoms in total. The fourth-order valence-electron chi connectivity index (χ4n) is 2.89. The van der Waals surface area contributed by atoms with Crippen molar-refractivity contribution in [1.82, 2.24) is 19.6 Å². The van der Waals surface area contributed by atoms with Crippen LogP contribution in [0.25, 0.3) is 0 Å². The summed E-state index contributed by atoms with van der Waals surface area (Å²) >= 11 is 0. The summed E-state index contributed by atoms with van der Waals surface area (Å²) < 4.78 is 0. The predicted molar refractivity (Wildman–Crippen MR) is 89.9 cm³/mol. The Balaban J connectivity index is 2.60. The van der Waals surface area contributed by atoms with Gasteiger partial charge in [0.05, 0.1) is 6.61 Å². The van der Waals surface area contributed by atoms with Gasteiger partial charge in [0.1, 0.15) is 0 Å². The van der Waals surface area contributed by atoms with Crippen LogP contribution in [-0.4, -0.2) is 110 Å². The number of β-amino-alcohol motifs (C(OH)–C–C–N with tert-alkyl or cyclic N) is 1. The van der Waals surface area contributed by atoms with Gasteiger partial charge in [0.25, 0.3) is 0 Å². The Morgan fingerprint density at radius 1 is 0.571 bits per heavy atom. The van der Waals surface area contributed by atoms with Crippen LogP contribution in [0.15, 0.2) is 0 Å². The highest BCUT2D eigenvalue weighted by atomic mass is 16.3. The minimum Gasteiger partial charge on any atom is -0.395 e. The first-order valence-electron chi connectivity index (χ1n) is 8.73. The summed E-state index contributed by atoms with van der Waals surface area (Å²) in [5.74, 6) is 0. The number of rotatable bonds is 5. The first-order valence-corrected chi connectivity index (χ1v) is 8.73. The summed E-state index contributed by atoms with van der Waals surface area (Å²) in [4.78, 5) is 10.0. The van der Waals surface area contributed by atoms with E-state index in [1.807, 2.05) is 0 Å². The third kappa shape index (κ3) is 7.56. The number of hydrogen-bond donors (Lipinski definition) is 1. The fourth-order valence-corrected chi connectivity index (χ4v) is 2.89. The van der Waals surface area contributed by atoms with Gasteiger partial charge in [-0.05, 0) is 19.6 Å². The molecule has 0 spiro atoms. The molecule has 1 rings (SSSR count). The van der Waals surface area contributed by atoms with Crippen molar-refractivity contribution in [3.8, 4) is 0 Å². The molecule has 0 radical (unpaired) electrons. The van der Waals surface area contributed by atoms with E-state index in [0.717, 1.165) is 65.4 Å². The summed E-state index contributed by atoms with van der Waals surface area (Å²) in [6.45, 7) is 20.2. The van der Waals surface area contributed by atoms with Crippen LogP contribution in [0, 0.1) is 0 Å². The average Bonchev–Trinajstić information content (AvgIpc) is 2.50. The SMILES string of the molecule is CCN1CCN(CC)CCN(CCO)CCN(CC)CC1. The van der Waals surface area contributed by atoms with Crippen LogP contribution in [0.1, 0.15) is 20.8 Å².